The molecule has 3 rings (SSSR count). The molecule has 0 saturated heterocycles. The Kier molecular flexibility index (Phi) is 4.87. The second-order valence-corrected chi connectivity index (χ2v) is 5.56. The van der Waals surface area contributed by atoms with Gasteiger partial charge >= 0.3 is 0 Å². The fourth-order valence-electron chi connectivity index (χ4n) is 2.51. The molecule has 0 fully saturated rings. The van der Waals surface area contributed by atoms with Crippen LogP contribution in [0.1, 0.15) is 25.6 Å². The fraction of sp³-hybridized carbons (Fsp3) is 0.353. The highest BCUT2D eigenvalue weighted by molar-refractivity contribution is 5.81. The number of carbonyl (C=O) groups excluding carboxylic acids is 1. The lowest BCUT2D eigenvalue weighted by Gasteiger charge is -2.19. The van der Waals surface area contributed by atoms with Crippen molar-refractivity contribution in [2.24, 2.45) is 0 Å². The first-order valence-electron chi connectivity index (χ1n) is 8.16. The lowest BCUT2D eigenvalue weighted by atomic mass is 10.2. The third kappa shape index (κ3) is 3.57. The van der Waals surface area contributed by atoms with E-state index in [1.807, 2.05) is 26.0 Å². The van der Waals surface area contributed by atoms with E-state index >= 15 is 0 Å². The number of benzene rings is 1. The van der Waals surface area contributed by atoms with Gasteiger partial charge in [0.1, 0.15) is 13.1 Å². The highest BCUT2D eigenvalue weighted by Crippen LogP contribution is 2.07. The highest BCUT2D eigenvalue weighted by atomic mass is 16.5. The van der Waals surface area contributed by atoms with E-state index in [2.05, 4.69) is 15.2 Å². The summed E-state index contributed by atoms with van der Waals surface area (Å²) < 4.78 is 6.31. The van der Waals surface area contributed by atoms with Crippen molar-refractivity contribution in [2.45, 2.75) is 33.4 Å². The first-order valence-corrected chi connectivity index (χ1v) is 8.16. The van der Waals surface area contributed by atoms with Crippen LogP contribution >= 0.6 is 0 Å². The molecule has 3 aromatic rings. The van der Waals surface area contributed by atoms with Gasteiger partial charge in [0, 0.05) is 18.4 Å². The summed E-state index contributed by atoms with van der Waals surface area (Å²) in [6.07, 6.45) is 2.26. The molecule has 1 amide bonds. The smallest absolute Gasteiger partial charge is 0.275 e. The van der Waals surface area contributed by atoms with E-state index in [0.29, 0.717) is 30.1 Å². The second-order valence-electron chi connectivity index (χ2n) is 5.56. The molecule has 0 aliphatic heterocycles. The molecule has 8 nitrogen and oxygen atoms in total. The molecule has 8 heteroatoms. The van der Waals surface area contributed by atoms with Crippen LogP contribution in [0.15, 0.2) is 39.8 Å². The maximum Gasteiger partial charge on any atom is 0.275 e. The SMILES string of the molecule is CCc1noc(CN(CC)C(=O)Cn2ncc3ccccc3c2=O)n1. The molecule has 0 radical (unpaired) electrons. The quantitative estimate of drug-likeness (QED) is 0.672. The maximum atomic E-state index is 12.5. The van der Waals surface area contributed by atoms with Crippen LogP contribution in [-0.4, -0.2) is 37.3 Å². The molecule has 25 heavy (non-hydrogen) atoms. The number of carbonyl (C=O) groups is 1. The van der Waals surface area contributed by atoms with E-state index in [4.69, 9.17) is 4.52 Å². The first kappa shape index (κ1) is 16.8. The molecular weight excluding hydrogens is 322 g/mol. The van der Waals surface area contributed by atoms with Gasteiger partial charge in [0.05, 0.1) is 11.6 Å². The molecule has 0 unspecified atom stereocenters. The normalized spacial score (nSPS) is 11.0. The molecule has 130 valence electrons. The molecule has 0 aliphatic rings. The number of amides is 1. The van der Waals surface area contributed by atoms with Crippen molar-refractivity contribution in [3.05, 3.63) is 52.5 Å². The van der Waals surface area contributed by atoms with Gasteiger partial charge in [0.25, 0.3) is 5.56 Å². The number of rotatable bonds is 6. The number of aryl methyl sites for hydroxylation is 1. The van der Waals surface area contributed by atoms with E-state index in [0.717, 1.165) is 5.39 Å². The van der Waals surface area contributed by atoms with Crippen LogP contribution in [0, 0.1) is 0 Å². The molecule has 2 aromatic heterocycles. The van der Waals surface area contributed by atoms with Gasteiger partial charge in [-0.3, -0.25) is 9.59 Å². The Morgan fingerprint density at radius 3 is 2.80 bits per heavy atom. The largest absolute Gasteiger partial charge is 0.337 e. The number of hydrogen-bond donors (Lipinski definition) is 0. The van der Waals surface area contributed by atoms with Gasteiger partial charge in [0.15, 0.2) is 5.82 Å². The second kappa shape index (κ2) is 7.25. The summed E-state index contributed by atoms with van der Waals surface area (Å²) in [5, 5.41) is 9.21. The number of aromatic nitrogens is 4. The lowest BCUT2D eigenvalue weighted by molar-refractivity contribution is -0.132. The van der Waals surface area contributed by atoms with Crippen molar-refractivity contribution >= 4 is 16.7 Å². The monoisotopic (exact) mass is 341 g/mol. The number of likely N-dealkylation sites (N-methyl/N-ethyl adjacent to an activating group) is 1. The fourth-order valence-corrected chi connectivity index (χ4v) is 2.51. The third-order valence-electron chi connectivity index (χ3n) is 3.93. The van der Waals surface area contributed by atoms with Gasteiger partial charge in [0.2, 0.25) is 11.8 Å². The summed E-state index contributed by atoms with van der Waals surface area (Å²) >= 11 is 0. The minimum Gasteiger partial charge on any atom is -0.337 e. The van der Waals surface area contributed by atoms with Crippen molar-refractivity contribution in [1.82, 2.24) is 24.8 Å². The van der Waals surface area contributed by atoms with Gasteiger partial charge in [-0.2, -0.15) is 10.1 Å². The van der Waals surface area contributed by atoms with Crippen molar-refractivity contribution < 1.29 is 9.32 Å². The van der Waals surface area contributed by atoms with E-state index in [1.54, 1.807) is 23.2 Å². The zero-order valence-corrected chi connectivity index (χ0v) is 14.2. The molecule has 0 bridgehead atoms. The molecule has 0 aliphatic carbocycles. The molecule has 1 aromatic carbocycles. The Balaban J connectivity index is 1.78. The summed E-state index contributed by atoms with van der Waals surface area (Å²) in [6, 6.07) is 7.17. The summed E-state index contributed by atoms with van der Waals surface area (Å²) in [5.74, 6) is 0.750. The minimum absolute atomic E-state index is 0.133. The summed E-state index contributed by atoms with van der Waals surface area (Å²) in [6.45, 7) is 4.32. The van der Waals surface area contributed by atoms with Crippen molar-refractivity contribution in [3.63, 3.8) is 0 Å². The van der Waals surface area contributed by atoms with Crippen molar-refractivity contribution in [1.29, 1.82) is 0 Å². The van der Waals surface area contributed by atoms with Crippen molar-refractivity contribution in [3.8, 4) is 0 Å². The average molecular weight is 341 g/mol. The number of hydrogen-bond acceptors (Lipinski definition) is 6. The standard InChI is InChI=1S/C17H19N5O3/c1-3-14-19-15(25-20-14)10-21(4-2)16(23)11-22-17(24)13-8-6-5-7-12(13)9-18-22/h5-9H,3-4,10-11H2,1-2H3. The molecule has 0 atom stereocenters. The van der Waals surface area contributed by atoms with E-state index in [-0.39, 0.29) is 24.6 Å². The van der Waals surface area contributed by atoms with E-state index < -0.39 is 0 Å². The molecule has 0 spiro atoms. The maximum absolute atomic E-state index is 12.5. The lowest BCUT2D eigenvalue weighted by Crippen LogP contribution is -2.37. The van der Waals surface area contributed by atoms with Crippen LogP contribution in [0.3, 0.4) is 0 Å². The molecule has 0 saturated carbocycles. The van der Waals surface area contributed by atoms with Crippen molar-refractivity contribution in [2.75, 3.05) is 6.54 Å². The van der Waals surface area contributed by atoms with Gasteiger partial charge in [-0.1, -0.05) is 30.3 Å². The highest BCUT2D eigenvalue weighted by Gasteiger charge is 2.17. The zero-order valence-electron chi connectivity index (χ0n) is 14.2. The summed E-state index contributed by atoms with van der Waals surface area (Å²) in [4.78, 5) is 30.8. The number of nitrogens with zero attached hydrogens (tertiary/aromatic N) is 5. The van der Waals surface area contributed by atoms with Crippen LogP contribution in [0.2, 0.25) is 0 Å². The molecular formula is C17H19N5O3. The predicted molar refractivity (Wildman–Crippen MR) is 90.8 cm³/mol. The molecule has 0 N–H and O–H groups in total. The van der Waals surface area contributed by atoms with Gasteiger partial charge in [-0.15, -0.1) is 0 Å². The Bertz CT molecular complexity index is 947. The van der Waals surface area contributed by atoms with Crippen LogP contribution in [0.25, 0.3) is 10.8 Å². The zero-order chi connectivity index (χ0) is 17.8. The Morgan fingerprint density at radius 1 is 1.28 bits per heavy atom. The van der Waals surface area contributed by atoms with Gasteiger partial charge in [-0.25, -0.2) is 4.68 Å². The Morgan fingerprint density at radius 2 is 2.08 bits per heavy atom. The van der Waals surface area contributed by atoms with E-state index in [1.165, 1.54) is 4.68 Å². The summed E-state index contributed by atoms with van der Waals surface area (Å²) in [5.41, 5.74) is -0.284. The first-order chi connectivity index (χ1) is 12.1. The van der Waals surface area contributed by atoms with Crippen LogP contribution < -0.4 is 5.56 Å². The average Bonchev–Trinajstić information content (AvgIpc) is 3.10. The minimum atomic E-state index is -0.284. The van der Waals surface area contributed by atoms with Crippen LogP contribution in [-0.2, 0) is 24.3 Å². The van der Waals surface area contributed by atoms with E-state index in [9.17, 15) is 9.59 Å². The predicted octanol–water partition coefficient (Wildman–Crippen LogP) is 1.39. The topological polar surface area (TPSA) is 94.1 Å². The number of fused-ring (bicyclic) bond motifs is 1. The Labute approximate surface area is 144 Å². The third-order valence-corrected chi connectivity index (χ3v) is 3.93. The van der Waals surface area contributed by atoms with Gasteiger partial charge in [-0.05, 0) is 13.0 Å². The van der Waals surface area contributed by atoms with Crippen LogP contribution in [0.5, 0.6) is 0 Å². The summed E-state index contributed by atoms with van der Waals surface area (Å²) in [7, 11) is 0. The Hall–Kier alpha value is -3.03. The van der Waals surface area contributed by atoms with Gasteiger partial charge < -0.3 is 9.42 Å². The van der Waals surface area contributed by atoms with Crippen LogP contribution in [0.4, 0.5) is 0 Å². The molecule has 2 heterocycles.